The van der Waals surface area contributed by atoms with Crippen LogP contribution < -0.4 is 18.9 Å². The van der Waals surface area contributed by atoms with E-state index in [-0.39, 0.29) is 12.2 Å². The van der Waals surface area contributed by atoms with Crippen LogP contribution in [0, 0.1) is 27.7 Å². The van der Waals surface area contributed by atoms with Gasteiger partial charge in [0.2, 0.25) is 0 Å². The van der Waals surface area contributed by atoms with Crippen LogP contribution in [0.3, 0.4) is 0 Å². The molecule has 0 aliphatic carbocycles. The lowest BCUT2D eigenvalue weighted by atomic mass is 10.0. The van der Waals surface area contributed by atoms with E-state index in [0.29, 0.717) is 0 Å². The largest absolute Gasteiger partial charge is 0.496 e. The first-order chi connectivity index (χ1) is 29.0. The van der Waals surface area contributed by atoms with Crippen LogP contribution in [-0.2, 0) is 0 Å². The molecule has 6 nitrogen and oxygen atoms in total. The van der Waals surface area contributed by atoms with Crippen LogP contribution in [0.15, 0.2) is 97.6 Å². The molecule has 0 saturated heterocycles. The molecule has 0 spiro atoms. The molecule has 6 heterocycles. The topological polar surface area (TPSA) is 62.7 Å². The number of aromatic nitrogens is 2. The van der Waals surface area contributed by atoms with Crippen LogP contribution in [0.1, 0.15) is 49.9 Å². The van der Waals surface area contributed by atoms with E-state index in [1.165, 1.54) is 62.6 Å². The van der Waals surface area contributed by atoms with Gasteiger partial charge in [-0.2, -0.15) is 0 Å². The average molecular weight is 869 g/mol. The fraction of sp³-hybridized carbons (Fsp3) is 0.240. The second kappa shape index (κ2) is 17.4. The van der Waals surface area contributed by atoms with Crippen LogP contribution in [0.2, 0.25) is 0 Å². The highest BCUT2D eigenvalue weighted by molar-refractivity contribution is 7.30. The maximum absolute atomic E-state index is 6.37. The van der Waals surface area contributed by atoms with Gasteiger partial charge in [0.05, 0.1) is 47.3 Å². The molecular weight excluding hydrogens is 821 g/mol. The Morgan fingerprint density at radius 3 is 1.10 bits per heavy atom. The van der Waals surface area contributed by atoms with E-state index in [4.69, 9.17) is 18.9 Å². The molecule has 0 amide bonds. The summed E-state index contributed by atoms with van der Waals surface area (Å²) >= 11 is 7.35. The third-order valence-electron chi connectivity index (χ3n) is 10.6. The predicted molar refractivity (Wildman–Crippen MR) is 255 cm³/mol. The molecule has 0 bridgehead atoms. The first-order valence-electron chi connectivity index (χ1n) is 20.0. The molecule has 0 atom stereocenters. The standard InChI is InChI=1S/C50H48N2O4S4/c1-27(2)55-39-15-11-13-37(53-9)43(39)41-25-35(33-17-21-51-22-18-33)49(57-41)47-31(7)29(5)45(59-47)46-30(6)32(8)48(60-46)50-36(34-19-23-52-24-20-34)26-42(58-50)44-38(54-10)14-12-16-40(44)56-28(3)4/h11-28H,1-10H3. The summed E-state index contributed by atoms with van der Waals surface area (Å²) in [5, 5.41) is 0. The van der Waals surface area contributed by atoms with Gasteiger partial charge < -0.3 is 18.9 Å². The first kappa shape index (κ1) is 41.5. The number of thiophene rings is 4. The van der Waals surface area contributed by atoms with Crippen molar-refractivity contribution in [2.45, 2.75) is 67.6 Å². The fourth-order valence-electron chi connectivity index (χ4n) is 7.47. The van der Waals surface area contributed by atoms with Crippen LogP contribution in [0.5, 0.6) is 23.0 Å². The quantitative estimate of drug-likeness (QED) is 0.115. The van der Waals surface area contributed by atoms with Crippen molar-refractivity contribution in [2.24, 2.45) is 0 Å². The summed E-state index contributed by atoms with van der Waals surface area (Å²) in [5.41, 5.74) is 11.7. The molecule has 8 aromatic rings. The normalized spacial score (nSPS) is 11.5. The third kappa shape index (κ3) is 7.78. The van der Waals surface area contributed by atoms with Gasteiger partial charge in [-0.25, -0.2) is 0 Å². The molecular formula is C50H48N2O4S4. The molecule has 60 heavy (non-hydrogen) atoms. The molecule has 2 aromatic carbocycles. The number of hydrogen-bond acceptors (Lipinski definition) is 10. The number of nitrogens with zero attached hydrogens (tertiary/aromatic N) is 2. The van der Waals surface area contributed by atoms with Crippen LogP contribution >= 0.6 is 45.3 Å². The van der Waals surface area contributed by atoms with Gasteiger partial charge in [-0.05, 0) is 149 Å². The molecule has 306 valence electrons. The minimum Gasteiger partial charge on any atom is -0.496 e. The van der Waals surface area contributed by atoms with Gasteiger partial charge in [0.15, 0.2) is 0 Å². The van der Waals surface area contributed by atoms with Gasteiger partial charge in [0, 0.05) is 65.2 Å². The van der Waals surface area contributed by atoms with Crippen molar-refractivity contribution in [1.82, 2.24) is 9.97 Å². The molecule has 0 radical (unpaired) electrons. The van der Waals surface area contributed by atoms with Crippen molar-refractivity contribution in [2.75, 3.05) is 14.2 Å². The summed E-state index contributed by atoms with van der Waals surface area (Å²) in [7, 11) is 3.45. The summed E-state index contributed by atoms with van der Waals surface area (Å²) in [6, 6.07) is 25.0. The lowest BCUT2D eigenvalue weighted by Crippen LogP contribution is -2.06. The van der Waals surface area contributed by atoms with Gasteiger partial charge in [-0.1, -0.05) is 12.1 Å². The van der Waals surface area contributed by atoms with E-state index in [1.807, 2.05) is 83.9 Å². The molecule has 0 fully saturated rings. The second-order valence-corrected chi connectivity index (χ2v) is 19.3. The lowest BCUT2D eigenvalue weighted by molar-refractivity contribution is 0.242. The Hall–Kier alpha value is -5.26. The van der Waals surface area contributed by atoms with Crippen LogP contribution in [-0.4, -0.2) is 36.4 Å². The van der Waals surface area contributed by atoms with Gasteiger partial charge in [-0.15, -0.1) is 45.3 Å². The molecule has 0 aliphatic rings. The van der Waals surface area contributed by atoms with Crippen molar-refractivity contribution in [1.29, 1.82) is 0 Å². The summed E-state index contributed by atoms with van der Waals surface area (Å²) < 4.78 is 24.6. The summed E-state index contributed by atoms with van der Waals surface area (Å²) in [6.45, 7) is 17.3. The zero-order chi connectivity index (χ0) is 42.2. The smallest absolute Gasteiger partial charge is 0.132 e. The maximum atomic E-state index is 6.37. The molecule has 8 rings (SSSR count). The van der Waals surface area contributed by atoms with Crippen molar-refractivity contribution in [3.8, 4) is 95.4 Å². The van der Waals surface area contributed by atoms with E-state index < -0.39 is 0 Å². The molecule has 0 aliphatic heterocycles. The fourth-order valence-corrected chi connectivity index (χ4v) is 13.2. The third-order valence-corrected chi connectivity index (χ3v) is 16.2. The highest BCUT2D eigenvalue weighted by Crippen LogP contribution is 2.56. The zero-order valence-corrected chi connectivity index (χ0v) is 38.8. The lowest BCUT2D eigenvalue weighted by Gasteiger charge is -2.16. The SMILES string of the molecule is COc1cccc(OC(C)C)c1-c1cc(-c2ccncc2)c(-c2sc(-c3sc(-c4sc(-c5c(OC)cccc5OC(C)C)cc4-c4ccncc4)c(C)c3C)c(C)c2C)s1. The Morgan fingerprint density at radius 1 is 0.433 bits per heavy atom. The Bertz CT molecular complexity index is 2600. The maximum Gasteiger partial charge on any atom is 0.132 e. The summed E-state index contributed by atoms with van der Waals surface area (Å²) in [4.78, 5) is 18.5. The van der Waals surface area contributed by atoms with E-state index in [9.17, 15) is 0 Å². The van der Waals surface area contributed by atoms with E-state index >= 15 is 0 Å². The van der Waals surface area contributed by atoms with Crippen LogP contribution in [0.25, 0.3) is 72.4 Å². The molecule has 10 heteroatoms. The monoisotopic (exact) mass is 868 g/mol. The van der Waals surface area contributed by atoms with Gasteiger partial charge in [-0.3, -0.25) is 9.97 Å². The van der Waals surface area contributed by atoms with E-state index in [1.54, 1.807) is 36.9 Å². The van der Waals surface area contributed by atoms with Crippen molar-refractivity contribution < 1.29 is 18.9 Å². The predicted octanol–water partition coefficient (Wildman–Crippen LogP) is 15.2. The second-order valence-electron chi connectivity index (χ2n) is 15.2. The van der Waals surface area contributed by atoms with Crippen LogP contribution in [0.4, 0.5) is 0 Å². The van der Waals surface area contributed by atoms with Crippen molar-refractivity contribution in [3.63, 3.8) is 0 Å². The van der Waals surface area contributed by atoms with Gasteiger partial charge >= 0.3 is 0 Å². The Kier molecular flexibility index (Phi) is 12.0. The Balaban J connectivity index is 1.29. The molecule has 0 unspecified atom stereocenters. The highest BCUT2D eigenvalue weighted by atomic mass is 32.1. The highest BCUT2D eigenvalue weighted by Gasteiger charge is 2.28. The molecule has 6 aromatic heterocycles. The summed E-state index contributed by atoms with van der Waals surface area (Å²) in [6.07, 6.45) is 7.50. The van der Waals surface area contributed by atoms with Crippen molar-refractivity contribution in [3.05, 3.63) is 120 Å². The number of benzene rings is 2. The Labute approximate surface area is 369 Å². The number of pyridine rings is 2. The number of methoxy groups -OCH3 is 2. The first-order valence-corrected chi connectivity index (χ1v) is 23.2. The van der Waals surface area contributed by atoms with Gasteiger partial charge in [0.25, 0.3) is 0 Å². The van der Waals surface area contributed by atoms with Crippen molar-refractivity contribution >= 4 is 45.3 Å². The number of ether oxygens (including phenoxy) is 4. The Morgan fingerprint density at radius 2 is 0.767 bits per heavy atom. The minimum absolute atomic E-state index is 0.0150. The zero-order valence-electron chi connectivity index (χ0n) is 35.6. The minimum atomic E-state index is 0.0150. The van der Waals surface area contributed by atoms with E-state index in [0.717, 1.165) is 55.0 Å². The van der Waals surface area contributed by atoms with E-state index in [2.05, 4.69) is 102 Å². The number of hydrogen-bond donors (Lipinski definition) is 0. The summed E-state index contributed by atoms with van der Waals surface area (Å²) in [5.74, 6) is 3.20. The molecule has 0 N–H and O–H groups in total. The number of rotatable bonds is 13. The van der Waals surface area contributed by atoms with Gasteiger partial charge in [0.1, 0.15) is 23.0 Å². The molecule has 0 saturated carbocycles. The average Bonchev–Trinajstić information content (AvgIpc) is 4.02.